The first-order chi connectivity index (χ1) is 9.92. The Balaban J connectivity index is 2.15. The number of carboxylic acid groups (broad SMARTS) is 1. The van der Waals surface area contributed by atoms with Crippen LogP contribution in [0.1, 0.15) is 36.2 Å². The number of amides is 2. The first kappa shape index (κ1) is 15.0. The van der Waals surface area contributed by atoms with E-state index in [-0.39, 0.29) is 18.2 Å². The number of carbonyl (C=O) groups excluding carboxylic acids is 2. The molecule has 3 N–H and O–H groups in total. The Kier molecular flexibility index (Phi) is 4.26. The summed E-state index contributed by atoms with van der Waals surface area (Å²) in [7, 11) is 0. The van der Waals surface area contributed by atoms with Gasteiger partial charge in [-0.2, -0.15) is 0 Å². The molecule has 6 nitrogen and oxygen atoms in total. The van der Waals surface area contributed by atoms with Crippen LogP contribution in [-0.2, 0) is 16.0 Å². The van der Waals surface area contributed by atoms with Gasteiger partial charge < -0.3 is 15.7 Å². The molecule has 0 saturated heterocycles. The van der Waals surface area contributed by atoms with Gasteiger partial charge in [-0.05, 0) is 29.7 Å². The zero-order valence-corrected chi connectivity index (χ0v) is 12.0. The van der Waals surface area contributed by atoms with Gasteiger partial charge in [0.1, 0.15) is 6.04 Å². The van der Waals surface area contributed by atoms with Crippen molar-refractivity contribution >= 4 is 23.5 Å². The van der Waals surface area contributed by atoms with Gasteiger partial charge in [-0.25, -0.2) is 4.79 Å². The van der Waals surface area contributed by atoms with Crippen LogP contribution >= 0.6 is 0 Å². The van der Waals surface area contributed by atoms with E-state index in [2.05, 4.69) is 10.6 Å². The number of anilines is 1. The van der Waals surface area contributed by atoms with Gasteiger partial charge in [0.25, 0.3) is 5.91 Å². The molecule has 1 aliphatic rings. The topological polar surface area (TPSA) is 95.5 Å². The molecule has 2 rings (SSSR count). The van der Waals surface area contributed by atoms with Crippen LogP contribution in [0.5, 0.6) is 0 Å². The van der Waals surface area contributed by atoms with Gasteiger partial charge in [0.15, 0.2) is 0 Å². The Bertz CT molecular complexity index is 597. The standard InChI is InChI=1S/C15H18N2O4/c1-3-8(2)13(15(20)21)17-14(19)9-4-5-11-10(6-9)7-12(18)16-11/h4-6,8,13H,3,7H2,1-2H3,(H,16,18)(H,17,19)(H,20,21)/t8?,13-/m0/s1. The van der Waals surface area contributed by atoms with E-state index in [1.54, 1.807) is 25.1 Å². The third-order valence-electron chi connectivity index (χ3n) is 3.76. The van der Waals surface area contributed by atoms with Crippen molar-refractivity contribution < 1.29 is 19.5 Å². The Morgan fingerprint density at radius 2 is 2.14 bits per heavy atom. The molecule has 0 bridgehead atoms. The van der Waals surface area contributed by atoms with Crippen molar-refractivity contribution in [2.45, 2.75) is 32.7 Å². The molecular weight excluding hydrogens is 272 g/mol. The smallest absolute Gasteiger partial charge is 0.326 e. The van der Waals surface area contributed by atoms with Crippen LogP contribution in [-0.4, -0.2) is 28.9 Å². The molecule has 0 spiro atoms. The van der Waals surface area contributed by atoms with Crippen LogP contribution in [0.15, 0.2) is 18.2 Å². The van der Waals surface area contributed by atoms with Crippen molar-refractivity contribution in [3.63, 3.8) is 0 Å². The zero-order valence-electron chi connectivity index (χ0n) is 12.0. The molecule has 0 fully saturated rings. The van der Waals surface area contributed by atoms with Crippen LogP contribution in [0.3, 0.4) is 0 Å². The van der Waals surface area contributed by atoms with E-state index >= 15 is 0 Å². The van der Waals surface area contributed by atoms with Crippen molar-refractivity contribution in [3.05, 3.63) is 29.3 Å². The molecule has 0 aromatic heterocycles. The minimum Gasteiger partial charge on any atom is -0.480 e. The lowest BCUT2D eigenvalue weighted by Gasteiger charge is -2.20. The molecule has 1 aromatic carbocycles. The third-order valence-corrected chi connectivity index (χ3v) is 3.76. The van der Waals surface area contributed by atoms with Crippen molar-refractivity contribution in [2.24, 2.45) is 5.92 Å². The highest BCUT2D eigenvalue weighted by Crippen LogP contribution is 2.24. The first-order valence-corrected chi connectivity index (χ1v) is 6.88. The summed E-state index contributed by atoms with van der Waals surface area (Å²) in [6.07, 6.45) is 0.893. The predicted octanol–water partition coefficient (Wildman–Crippen LogP) is 1.41. The van der Waals surface area contributed by atoms with E-state index in [4.69, 9.17) is 0 Å². The fraction of sp³-hybridized carbons (Fsp3) is 0.400. The fourth-order valence-electron chi connectivity index (χ4n) is 2.28. The average Bonchev–Trinajstić information content (AvgIpc) is 2.82. The van der Waals surface area contributed by atoms with Crippen LogP contribution in [0, 0.1) is 5.92 Å². The molecule has 21 heavy (non-hydrogen) atoms. The summed E-state index contributed by atoms with van der Waals surface area (Å²) in [4.78, 5) is 34.7. The van der Waals surface area contributed by atoms with Crippen LogP contribution in [0.25, 0.3) is 0 Å². The summed E-state index contributed by atoms with van der Waals surface area (Å²) in [5.74, 6) is -1.75. The second-order valence-electron chi connectivity index (χ2n) is 5.27. The predicted molar refractivity (Wildman–Crippen MR) is 77.1 cm³/mol. The van der Waals surface area contributed by atoms with Gasteiger partial charge in [-0.1, -0.05) is 20.3 Å². The summed E-state index contributed by atoms with van der Waals surface area (Å²) >= 11 is 0. The number of carbonyl (C=O) groups is 3. The summed E-state index contributed by atoms with van der Waals surface area (Å²) < 4.78 is 0. The number of carboxylic acids is 1. The van der Waals surface area contributed by atoms with E-state index in [1.807, 2.05) is 6.92 Å². The van der Waals surface area contributed by atoms with Crippen molar-refractivity contribution in [1.29, 1.82) is 0 Å². The highest BCUT2D eigenvalue weighted by atomic mass is 16.4. The lowest BCUT2D eigenvalue weighted by molar-refractivity contribution is -0.140. The highest BCUT2D eigenvalue weighted by molar-refractivity contribution is 6.02. The fourth-order valence-corrected chi connectivity index (χ4v) is 2.28. The van der Waals surface area contributed by atoms with E-state index < -0.39 is 17.9 Å². The molecule has 0 saturated carbocycles. The van der Waals surface area contributed by atoms with Gasteiger partial charge in [0.2, 0.25) is 5.91 Å². The number of fused-ring (bicyclic) bond motifs is 1. The molecule has 0 radical (unpaired) electrons. The Hall–Kier alpha value is -2.37. The highest BCUT2D eigenvalue weighted by Gasteiger charge is 2.26. The first-order valence-electron chi connectivity index (χ1n) is 6.88. The van der Waals surface area contributed by atoms with E-state index in [0.717, 1.165) is 5.56 Å². The second-order valence-corrected chi connectivity index (χ2v) is 5.27. The molecule has 1 heterocycles. The zero-order chi connectivity index (χ0) is 15.6. The number of hydrogen-bond acceptors (Lipinski definition) is 3. The van der Waals surface area contributed by atoms with Crippen molar-refractivity contribution in [2.75, 3.05) is 5.32 Å². The van der Waals surface area contributed by atoms with E-state index in [1.165, 1.54) is 0 Å². The maximum atomic E-state index is 12.2. The SMILES string of the molecule is CCC(C)[C@H](NC(=O)c1ccc2c(c1)CC(=O)N2)C(=O)O. The number of benzene rings is 1. The lowest BCUT2D eigenvalue weighted by atomic mass is 9.98. The molecule has 6 heteroatoms. The molecule has 112 valence electrons. The minimum atomic E-state index is -1.05. The normalized spacial score (nSPS) is 15.8. The molecule has 2 amide bonds. The molecule has 1 unspecified atom stereocenters. The maximum absolute atomic E-state index is 12.2. The summed E-state index contributed by atoms with van der Waals surface area (Å²) in [6.45, 7) is 3.66. The van der Waals surface area contributed by atoms with Crippen LogP contribution in [0.2, 0.25) is 0 Å². The molecular formula is C15H18N2O4. The van der Waals surface area contributed by atoms with Crippen molar-refractivity contribution in [3.8, 4) is 0 Å². The second kappa shape index (κ2) is 5.95. The molecule has 0 aliphatic carbocycles. The van der Waals surface area contributed by atoms with E-state index in [0.29, 0.717) is 17.7 Å². The van der Waals surface area contributed by atoms with Gasteiger partial charge in [0.05, 0.1) is 6.42 Å². The van der Waals surface area contributed by atoms with Crippen LogP contribution in [0.4, 0.5) is 5.69 Å². The molecule has 1 aliphatic heterocycles. The number of rotatable bonds is 5. The maximum Gasteiger partial charge on any atom is 0.326 e. The Labute approximate surface area is 122 Å². The number of hydrogen-bond donors (Lipinski definition) is 3. The summed E-state index contributed by atoms with van der Waals surface area (Å²) in [5, 5.41) is 14.4. The molecule has 1 aromatic rings. The van der Waals surface area contributed by atoms with Gasteiger partial charge in [-0.3, -0.25) is 9.59 Å². The van der Waals surface area contributed by atoms with Gasteiger partial charge in [0, 0.05) is 11.3 Å². The summed E-state index contributed by atoms with van der Waals surface area (Å²) in [6, 6.07) is 3.94. The minimum absolute atomic E-state index is 0.106. The van der Waals surface area contributed by atoms with Crippen molar-refractivity contribution in [1.82, 2.24) is 5.32 Å². The quantitative estimate of drug-likeness (QED) is 0.764. The average molecular weight is 290 g/mol. The third kappa shape index (κ3) is 3.21. The largest absolute Gasteiger partial charge is 0.480 e. The van der Waals surface area contributed by atoms with Gasteiger partial charge in [-0.15, -0.1) is 0 Å². The van der Waals surface area contributed by atoms with Gasteiger partial charge >= 0.3 is 5.97 Å². The Morgan fingerprint density at radius 1 is 1.43 bits per heavy atom. The summed E-state index contributed by atoms with van der Waals surface area (Å²) in [5.41, 5.74) is 1.82. The monoisotopic (exact) mass is 290 g/mol. The number of aliphatic carboxylic acids is 1. The lowest BCUT2D eigenvalue weighted by Crippen LogP contribution is -2.45. The Morgan fingerprint density at radius 3 is 2.76 bits per heavy atom. The van der Waals surface area contributed by atoms with E-state index in [9.17, 15) is 19.5 Å². The number of nitrogens with one attached hydrogen (secondary N) is 2. The van der Waals surface area contributed by atoms with Crippen LogP contribution < -0.4 is 10.6 Å². The molecule has 2 atom stereocenters.